The number of nitrogens with zero attached hydrogens (tertiary/aromatic N) is 4. The summed E-state index contributed by atoms with van der Waals surface area (Å²) in [4.78, 5) is 35.4. The second-order valence-electron chi connectivity index (χ2n) is 6.53. The molecule has 10 heteroatoms. The first kappa shape index (κ1) is 21.1. The average Bonchev–Trinajstić information content (AvgIpc) is 2.99. The minimum atomic E-state index is -0.755. The van der Waals surface area contributed by atoms with Crippen molar-refractivity contribution in [3.05, 3.63) is 91.9 Å². The smallest absolute Gasteiger partial charge is 0.291 e. The Balaban J connectivity index is 1.80. The van der Waals surface area contributed by atoms with Gasteiger partial charge in [0.1, 0.15) is 17.3 Å². The molecule has 0 saturated heterocycles. The molecule has 0 aliphatic carbocycles. The van der Waals surface area contributed by atoms with Crippen LogP contribution in [0, 0.1) is 28.4 Å². The molecule has 0 atom stereocenters. The number of nitriles is 1. The van der Waals surface area contributed by atoms with Crippen molar-refractivity contribution in [1.29, 1.82) is 5.26 Å². The van der Waals surface area contributed by atoms with Crippen LogP contribution in [0.3, 0.4) is 0 Å². The lowest BCUT2D eigenvalue weighted by Crippen LogP contribution is -2.33. The van der Waals surface area contributed by atoms with E-state index in [1.807, 2.05) is 6.07 Å². The molecule has 2 aromatic carbocycles. The van der Waals surface area contributed by atoms with Gasteiger partial charge in [0.15, 0.2) is 0 Å². The van der Waals surface area contributed by atoms with Crippen LogP contribution in [0.15, 0.2) is 65.0 Å². The zero-order valence-electron chi connectivity index (χ0n) is 16.7. The molecule has 1 aromatic heterocycles. The van der Waals surface area contributed by atoms with Gasteiger partial charge in [-0.2, -0.15) is 5.26 Å². The number of nitrogens with one attached hydrogen (secondary N) is 2. The van der Waals surface area contributed by atoms with E-state index in [2.05, 4.69) is 10.9 Å². The Morgan fingerprint density at radius 1 is 1.16 bits per heavy atom. The number of carbonyl (C=O) groups is 1. The molecule has 0 fully saturated rings. The quantitative estimate of drug-likeness (QED) is 0.273. The number of hydrazine groups is 1. The molecule has 0 spiro atoms. The molecule has 1 heterocycles. The standard InChI is InChI=1S/C21H18N6O4/c1-14-19(21(29)26(25(14)2)17-6-4-3-5-7-17)23-24-20(28)16(13-22)12-15-8-10-18(11-9-15)27(30)31/h3-12,23H,1-2H3,(H,24,28)/b16-12+. The van der Waals surface area contributed by atoms with Crippen molar-refractivity contribution in [3.63, 3.8) is 0 Å². The number of nitro groups is 1. The van der Waals surface area contributed by atoms with E-state index in [4.69, 9.17) is 0 Å². The Morgan fingerprint density at radius 2 is 1.81 bits per heavy atom. The number of aromatic nitrogens is 2. The highest BCUT2D eigenvalue weighted by atomic mass is 16.6. The molecule has 3 aromatic rings. The molecule has 0 radical (unpaired) electrons. The number of anilines is 1. The topological polar surface area (TPSA) is 135 Å². The van der Waals surface area contributed by atoms with Crippen molar-refractivity contribution in [2.24, 2.45) is 7.05 Å². The molecule has 3 rings (SSSR count). The summed E-state index contributed by atoms with van der Waals surface area (Å²) >= 11 is 0. The second kappa shape index (κ2) is 8.79. The van der Waals surface area contributed by atoms with Crippen LogP contribution in [0.5, 0.6) is 0 Å². The molecule has 1 amide bonds. The fraction of sp³-hybridized carbons (Fsp3) is 0.0952. The minimum absolute atomic E-state index is 0.101. The van der Waals surface area contributed by atoms with Gasteiger partial charge >= 0.3 is 0 Å². The lowest BCUT2D eigenvalue weighted by molar-refractivity contribution is -0.384. The van der Waals surface area contributed by atoms with Gasteiger partial charge in [-0.3, -0.25) is 35.2 Å². The molecule has 0 aliphatic heterocycles. The molecule has 156 valence electrons. The molecule has 31 heavy (non-hydrogen) atoms. The SMILES string of the molecule is Cc1c(NNC(=O)/C(C#N)=C/c2ccc([N+](=O)[O-])cc2)c(=O)n(-c2ccccc2)n1C. The number of benzene rings is 2. The predicted octanol–water partition coefficient (Wildman–Crippen LogP) is 2.44. The molecular formula is C21H18N6O4. The zero-order chi connectivity index (χ0) is 22.5. The Kier molecular flexibility index (Phi) is 5.97. The number of non-ortho nitro benzene ring substituents is 1. The highest BCUT2D eigenvalue weighted by Crippen LogP contribution is 2.15. The Morgan fingerprint density at radius 3 is 2.39 bits per heavy atom. The molecule has 0 bridgehead atoms. The van der Waals surface area contributed by atoms with Crippen LogP contribution < -0.4 is 16.4 Å². The van der Waals surface area contributed by atoms with Crippen LogP contribution in [0.2, 0.25) is 0 Å². The van der Waals surface area contributed by atoms with Gasteiger partial charge in [0, 0.05) is 19.2 Å². The summed E-state index contributed by atoms with van der Waals surface area (Å²) in [6.07, 6.45) is 1.29. The number of hydrogen-bond acceptors (Lipinski definition) is 6. The number of hydrogen-bond donors (Lipinski definition) is 2. The van der Waals surface area contributed by atoms with Gasteiger partial charge in [-0.25, -0.2) is 4.68 Å². The number of para-hydroxylation sites is 1. The third-order valence-electron chi connectivity index (χ3n) is 4.64. The lowest BCUT2D eigenvalue weighted by atomic mass is 10.1. The van der Waals surface area contributed by atoms with Gasteiger partial charge < -0.3 is 0 Å². The molecular weight excluding hydrogens is 400 g/mol. The van der Waals surface area contributed by atoms with Crippen molar-refractivity contribution in [3.8, 4) is 11.8 Å². The zero-order valence-corrected chi connectivity index (χ0v) is 16.7. The van der Waals surface area contributed by atoms with Crippen LogP contribution in [0.25, 0.3) is 11.8 Å². The third-order valence-corrected chi connectivity index (χ3v) is 4.64. The van der Waals surface area contributed by atoms with E-state index in [1.165, 1.54) is 35.0 Å². The fourth-order valence-corrected chi connectivity index (χ4v) is 2.91. The van der Waals surface area contributed by atoms with Crippen molar-refractivity contribution in [2.45, 2.75) is 6.92 Å². The first-order valence-electron chi connectivity index (χ1n) is 9.10. The maximum Gasteiger partial charge on any atom is 0.296 e. The summed E-state index contributed by atoms with van der Waals surface area (Å²) in [5.74, 6) is -0.755. The second-order valence-corrected chi connectivity index (χ2v) is 6.53. The monoisotopic (exact) mass is 418 g/mol. The van der Waals surface area contributed by atoms with Gasteiger partial charge in [0.05, 0.1) is 16.3 Å². The van der Waals surface area contributed by atoms with Crippen molar-refractivity contribution < 1.29 is 9.72 Å². The van der Waals surface area contributed by atoms with E-state index in [0.717, 1.165) is 0 Å². The van der Waals surface area contributed by atoms with E-state index in [9.17, 15) is 25.0 Å². The van der Waals surface area contributed by atoms with E-state index >= 15 is 0 Å². The van der Waals surface area contributed by atoms with Gasteiger partial charge in [-0.15, -0.1) is 0 Å². The number of amides is 1. The summed E-state index contributed by atoms with van der Waals surface area (Å²) in [5, 5.41) is 20.0. The van der Waals surface area contributed by atoms with E-state index in [1.54, 1.807) is 49.0 Å². The Bertz CT molecular complexity index is 1260. The first-order valence-corrected chi connectivity index (χ1v) is 9.10. The highest BCUT2D eigenvalue weighted by molar-refractivity contribution is 6.02. The molecule has 0 saturated carbocycles. The Hall–Kier alpha value is -4.65. The van der Waals surface area contributed by atoms with Crippen molar-refractivity contribution >= 4 is 23.4 Å². The van der Waals surface area contributed by atoms with Gasteiger partial charge in [-0.1, -0.05) is 18.2 Å². The van der Waals surface area contributed by atoms with Crippen LogP contribution in [0.1, 0.15) is 11.3 Å². The maximum atomic E-state index is 12.8. The summed E-state index contributed by atoms with van der Waals surface area (Å²) in [5.41, 5.74) is 6.09. The van der Waals surface area contributed by atoms with Gasteiger partial charge in [0.2, 0.25) is 0 Å². The van der Waals surface area contributed by atoms with Crippen LogP contribution >= 0.6 is 0 Å². The van der Waals surface area contributed by atoms with E-state index in [0.29, 0.717) is 16.9 Å². The van der Waals surface area contributed by atoms with Crippen molar-refractivity contribution in [2.75, 3.05) is 5.43 Å². The minimum Gasteiger partial charge on any atom is -0.291 e. The number of nitro benzene ring substituents is 1. The summed E-state index contributed by atoms with van der Waals surface area (Å²) in [6, 6.07) is 16.2. The predicted molar refractivity (Wildman–Crippen MR) is 114 cm³/mol. The first-order chi connectivity index (χ1) is 14.8. The fourth-order valence-electron chi connectivity index (χ4n) is 2.91. The maximum absolute atomic E-state index is 12.8. The van der Waals surface area contributed by atoms with E-state index < -0.39 is 10.8 Å². The van der Waals surface area contributed by atoms with Crippen molar-refractivity contribution in [1.82, 2.24) is 14.8 Å². The largest absolute Gasteiger partial charge is 0.296 e. The highest BCUT2D eigenvalue weighted by Gasteiger charge is 2.17. The molecule has 0 unspecified atom stereocenters. The number of carbonyl (C=O) groups excluding carboxylic acids is 1. The van der Waals surface area contributed by atoms with Crippen LogP contribution in [-0.2, 0) is 11.8 Å². The van der Waals surface area contributed by atoms with Crippen LogP contribution in [0.4, 0.5) is 11.4 Å². The summed E-state index contributed by atoms with van der Waals surface area (Å²) in [7, 11) is 1.71. The summed E-state index contributed by atoms with van der Waals surface area (Å²) < 4.78 is 3.09. The molecule has 10 nitrogen and oxygen atoms in total. The van der Waals surface area contributed by atoms with Crippen LogP contribution in [-0.4, -0.2) is 20.2 Å². The average molecular weight is 418 g/mol. The molecule has 0 aliphatic rings. The Labute approximate surface area is 176 Å². The number of rotatable bonds is 6. The van der Waals surface area contributed by atoms with Gasteiger partial charge in [-0.05, 0) is 42.8 Å². The lowest BCUT2D eigenvalue weighted by Gasteiger charge is -2.07. The normalized spacial score (nSPS) is 10.9. The van der Waals surface area contributed by atoms with E-state index in [-0.39, 0.29) is 22.5 Å². The molecule has 2 N–H and O–H groups in total. The van der Waals surface area contributed by atoms with Gasteiger partial charge in [0.25, 0.3) is 17.2 Å². The summed E-state index contributed by atoms with van der Waals surface area (Å²) in [6.45, 7) is 1.72. The third kappa shape index (κ3) is 4.35.